The molecule has 0 spiro atoms. The molecule has 0 saturated carbocycles. The highest BCUT2D eigenvalue weighted by Gasteiger charge is 2.36. The van der Waals surface area contributed by atoms with Gasteiger partial charge >= 0.3 is 0 Å². The summed E-state index contributed by atoms with van der Waals surface area (Å²) in [4.78, 5) is 0. The first-order valence-corrected chi connectivity index (χ1v) is 20.4. The monoisotopic (exact) mass is 638 g/mol. The molecule has 224 valence electrons. The summed E-state index contributed by atoms with van der Waals surface area (Å²) in [6.07, 6.45) is 16.1. The molecule has 0 N–H and O–H groups in total. The molecule has 0 radical (unpaired) electrons. The summed E-state index contributed by atoms with van der Waals surface area (Å²) in [6.45, 7) is 2.62. The fourth-order valence-electron chi connectivity index (χ4n) is 6.08. The van der Waals surface area contributed by atoms with Crippen molar-refractivity contribution < 1.29 is 0 Å². The molecule has 3 heteroatoms. The molecule has 0 bridgehead atoms. The summed E-state index contributed by atoms with van der Waals surface area (Å²) in [5, 5.41) is 8.81. The van der Waals surface area contributed by atoms with Gasteiger partial charge in [0.2, 0.25) is 0 Å². The maximum Gasteiger partial charge on any atom is -0.0163 e. The minimum atomic E-state index is -0.572. The average Bonchev–Trinajstić information content (AvgIpc) is 3.40. The molecule has 6 rings (SSSR count). The normalized spacial score (nSPS) is 13.9. The van der Waals surface area contributed by atoms with Crippen LogP contribution < -0.4 is 26.5 Å². The zero-order valence-corrected chi connectivity index (χ0v) is 28.7. The van der Waals surface area contributed by atoms with E-state index in [1.54, 1.807) is 0 Å². The van der Waals surface area contributed by atoms with Crippen molar-refractivity contribution in [1.29, 1.82) is 0 Å². The van der Waals surface area contributed by atoms with E-state index >= 15 is 0 Å². The van der Waals surface area contributed by atoms with E-state index in [9.17, 15) is 0 Å². The lowest BCUT2D eigenvalue weighted by Crippen LogP contribution is -2.35. The largest absolute Gasteiger partial charge is 0.0807 e. The van der Waals surface area contributed by atoms with Gasteiger partial charge in [0.05, 0.1) is 0 Å². The van der Waals surface area contributed by atoms with Crippen LogP contribution in [0.1, 0.15) is 13.3 Å². The third-order valence-electron chi connectivity index (χ3n) is 8.23. The maximum atomic E-state index is 2.62. The summed E-state index contributed by atoms with van der Waals surface area (Å²) in [7, 11) is -1.69. The van der Waals surface area contributed by atoms with Crippen molar-refractivity contribution in [2.75, 3.05) is 18.5 Å². The van der Waals surface area contributed by atoms with Gasteiger partial charge in [-0.2, -0.15) is 0 Å². The Morgan fingerprint density at radius 2 is 0.778 bits per heavy atom. The first kappa shape index (κ1) is 31.6. The molecule has 5 aromatic rings. The van der Waals surface area contributed by atoms with E-state index in [-0.39, 0.29) is 5.41 Å². The molecule has 1 aliphatic carbocycles. The number of hydrogen-bond donors (Lipinski definition) is 0. The lowest BCUT2D eigenvalue weighted by molar-refractivity contribution is 0.497. The van der Waals surface area contributed by atoms with Crippen LogP contribution in [0.2, 0.25) is 0 Å². The Hall–Kier alpha value is -3.39. The van der Waals surface area contributed by atoms with Crippen LogP contribution in [0.4, 0.5) is 0 Å². The van der Waals surface area contributed by atoms with Crippen molar-refractivity contribution in [2.24, 2.45) is 5.41 Å². The Kier molecular flexibility index (Phi) is 11.1. The minimum absolute atomic E-state index is 0.0705. The molecule has 5 aromatic carbocycles. The molecule has 1 unspecified atom stereocenters. The van der Waals surface area contributed by atoms with Crippen LogP contribution >= 0.6 is 23.8 Å². The fraction of sp³-hybridized carbons (Fsp3) is 0.143. The van der Waals surface area contributed by atoms with Gasteiger partial charge in [0.15, 0.2) is 0 Å². The topological polar surface area (TPSA) is 0 Å². The minimum Gasteiger partial charge on any atom is -0.0807 e. The Bertz CT molecular complexity index is 1530. The van der Waals surface area contributed by atoms with Gasteiger partial charge in [-0.05, 0) is 85.9 Å². The van der Waals surface area contributed by atoms with Crippen molar-refractivity contribution in [3.8, 4) is 0 Å². The van der Waals surface area contributed by atoms with E-state index in [1.165, 1.54) is 31.8 Å². The average molecular weight is 639 g/mol. The third kappa shape index (κ3) is 8.46. The van der Waals surface area contributed by atoms with Crippen LogP contribution in [0.5, 0.6) is 0 Å². The molecular formula is C42H41P3. The van der Waals surface area contributed by atoms with Gasteiger partial charge in [-0.1, -0.05) is 189 Å². The van der Waals surface area contributed by atoms with Gasteiger partial charge in [-0.15, -0.1) is 0 Å². The van der Waals surface area contributed by atoms with E-state index in [4.69, 9.17) is 0 Å². The lowest BCUT2D eigenvalue weighted by Gasteiger charge is -2.40. The molecule has 1 aliphatic rings. The van der Waals surface area contributed by atoms with Crippen molar-refractivity contribution in [3.63, 3.8) is 0 Å². The molecule has 0 aromatic heterocycles. The van der Waals surface area contributed by atoms with Gasteiger partial charge in [0.1, 0.15) is 0 Å². The van der Waals surface area contributed by atoms with Crippen LogP contribution in [-0.4, -0.2) is 18.5 Å². The highest BCUT2D eigenvalue weighted by molar-refractivity contribution is 7.74. The number of benzene rings is 5. The molecule has 1 atom stereocenters. The van der Waals surface area contributed by atoms with Crippen LogP contribution in [0.25, 0.3) is 0 Å². The highest BCUT2D eigenvalue weighted by atomic mass is 31.1. The Morgan fingerprint density at radius 1 is 0.444 bits per heavy atom. The standard InChI is InChI=1S/C42H41P3/c1-42(34-44(38-25-13-5-14-26-38)39-27-15-6-16-28-39,35-45(40-29-17-7-18-30-40)41-31-19-8-20-32-41)33-43(37-23-11-4-12-24-37)36-21-9-2-3-10-22-36/h2,4-32H,3,33-35H2,1H3. The van der Waals surface area contributed by atoms with E-state index in [0.29, 0.717) is 0 Å². The van der Waals surface area contributed by atoms with E-state index in [1.807, 2.05) is 0 Å². The maximum absolute atomic E-state index is 2.62. The molecule has 0 nitrogen and oxygen atoms in total. The Morgan fingerprint density at radius 3 is 1.16 bits per heavy atom. The van der Waals surface area contributed by atoms with E-state index in [0.717, 1.165) is 24.9 Å². The highest BCUT2D eigenvalue weighted by Crippen LogP contribution is 2.55. The summed E-state index contributed by atoms with van der Waals surface area (Å²) < 4.78 is 0. The zero-order chi connectivity index (χ0) is 30.7. The van der Waals surface area contributed by atoms with Gasteiger partial charge < -0.3 is 0 Å². The Labute approximate surface area is 273 Å². The lowest BCUT2D eigenvalue weighted by atomic mass is 9.99. The van der Waals surface area contributed by atoms with Crippen molar-refractivity contribution in [2.45, 2.75) is 13.3 Å². The summed E-state index contributed by atoms with van der Waals surface area (Å²) in [6, 6.07) is 56.6. The number of rotatable bonds is 12. The van der Waals surface area contributed by atoms with Crippen LogP contribution in [0.3, 0.4) is 0 Å². The van der Waals surface area contributed by atoms with E-state index < -0.39 is 23.8 Å². The quantitative estimate of drug-likeness (QED) is 0.120. The number of allylic oxidation sites excluding steroid dienone is 6. The van der Waals surface area contributed by atoms with Gasteiger partial charge in [0, 0.05) is 0 Å². The first-order chi connectivity index (χ1) is 22.2. The SMILES string of the molecule is CC(CP(C1=CC=CCC=C1)c1ccccc1)(CP(c1ccccc1)c1ccccc1)CP(c1ccccc1)c1ccccc1. The predicted molar refractivity (Wildman–Crippen MR) is 205 cm³/mol. The summed E-state index contributed by atoms with van der Waals surface area (Å²) in [5.41, 5.74) is 0.0705. The number of hydrogen-bond acceptors (Lipinski definition) is 0. The van der Waals surface area contributed by atoms with Gasteiger partial charge in [-0.3, -0.25) is 0 Å². The first-order valence-electron chi connectivity index (χ1n) is 15.8. The third-order valence-corrected chi connectivity index (χ3v) is 17.0. The molecule has 45 heavy (non-hydrogen) atoms. The van der Waals surface area contributed by atoms with Gasteiger partial charge in [-0.25, -0.2) is 0 Å². The van der Waals surface area contributed by atoms with Crippen LogP contribution in [0, 0.1) is 5.41 Å². The predicted octanol–water partition coefficient (Wildman–Crippen LogP) is 9.47. The molecule has 0 saturated heterocycles. The molecule has 0 heterocycles. The van der Waals surface area contributed by atoms with Crippen molar-refractivity contribution >= 4 is 50.3 Å². The second-order valence-corrected chi connectivity index (χ2v) is 18.5. The molecule has 0 fully saturated rings. The summed E-state index contributed by atoms with van der Waals surface area (Å²) in [5.74, 6) is 0. The summed E-state index contributed by atoms with van der Waals surface area (Å²) >= 11 is 0. The van der Waals surface area contributed by atoms with Crippen LogP contribution in [0.15, 0.2) is 187 Å². The fourth-order valence-corrected chi connectivity index (χ4v) is 14.8. The molecular weight excluding hydrogens is 597 g/mol. The van der Waals surface area contributed by atoms with Crippen molar-refractivity contribution in [3.05, 3.63) is 187 Å². The second kappa shape index (κ2) is 15.7. The van der Waals surface area contributed by atoms with E-state index in [2.05, 4.69) is 189 Å². The smallest absolute Gasteiger partial charge is 0.0163 e. The zero-order valence-electron chi connectivity index (χ0n) is 26.0. The molecule has 0 amide bonds. The van der Waals surface area contributed by atoms with Crippen LogP contribution in [-0.2, 0) is 0 Å². The Balaban J connectivity index is 1.48. The second-order valence-electron chi connectivity index (χ2n) is 11.9. The van der Waals surface area contributed by atoms with Crippen molar-refractivity contribution in [1.82, 2.24) is 0 Å². The molecule has 0 aliphatic heterocycles. The van der Waals surface area contributed by atoms with Gasteiger partial charge in [0.25, 0.3) is 0 Å².